The van der Waals surface area contributed by atoms with Crippen molar-refractivity contribution in [1.29, 1.82) is 0 Å². The smallest absolute Gasteiger partial charge is 0.279 e. The Bertz CT molecular complexity index is 476. The number of aromatic amines is 1. The number of H-pyrrole nitrogens is 1. The Morgan fingerprint density at radius 1 is 1.42 bits per heavy atom. The van der Waals surface area contributed by atoms with Crippen LogP contribution in [-0.2, 0) is 0 Å². The molecular formula is C12H16F2N4O. The molecule has 0 bridgehead atoms. The van der Waals surface area contributed by atoms with Gasteiger partial charge >= 0.3 is 0 Å². The molecule has 0 aliphatic carbocycles. The van der Waals surface area contributed by atoms with Crippen LogP contribution in [0.25, 0.3) is 0 Å². The first-order chi connectivity index (χ1) is 9.15. The number of amides is 1. The molecular weight excluding hydrogens is 254 g/mol. The summed E-state index contributed by atoms with van der Waals surface area (Å²) in [5.74, 6) is -0.255. The van der Waals surface area contributed by atoms with Gasteiger partial charge in [-0.15, -0.1) is 0 Å². The molecule has 1 atom stereocenters. The largest absolute Gasteiger partial charge is 0.334 e. The molecule has 104 valence electrons. The lowest BCUT2D eigenvalue weighted by Gasteiger charge is -2.37. The minimum atomic E-state index is -2.62. The van der Waals surface area contributed by atoms with Crippen LogP contribution < -0.4 is 0 Å². The van der Waals surface area contributed by atoms with Crippen molar-refractivity contribution in [3.05, 3.63) is 17.5 Å². The highest BCUT2D eigenvalue weighted by Gasteiger charge is 2.33. The number of carbonyl (C=O) groups excluding carboxylic acids is 1. The van der Waals surface area contributed by atoms with Crippen LogP contribution in [0.2, 0.25) is 0 Å². The van der Waals surface area contributed by atoms with Crippen molar-refractivity contribution in [2.24, 2.45) is 0 Å². The molecule has 2 aliphatic heterocycles. The number of carbonyl (C=O) groups is 1. The summed E-state index contributed by atoms with van der Waals surface area (Å²) in [7, 11) is 0. The van der Waals surface area contributed by atoms with E-state index >= 15 is 0 Å². The standard InChI is InChI=1S/C12H16F2N4O/c13-11(14)9-6-10(16-15-9)12(19)18-5-4-17-3-1-2-8(17)7-18/h6,8,11H,1-5,7H2,(H,15,16)/t8-/m0/s1. The van der Waals surface area contributed by atoms with Gasteiger partial charge in [-0.2, -0.15) is 5.10 Å². The number of piperazine rings is 1. The first-order valence-electron chi connectivity index (χ1n) is 6.52. The van der Waals surface area contributed by atoms with E-state index in [9.17, 15) is 13.6 Å². The zero-order valence-corrected chi connectivity index (χ0v) is 10.5. The first-order valence-corrected chi connectivity index (χ1v) is 6.52. The minimum Gasteiger partial charge on any atom is -0.334 e. The van der Waals surface area contributed by atoms with Crippen molar-refractivity contribution >= 4 is 5.91 Å². The molecule has 2 fully saturated rings. The molecule has 1 aromatic rings. The maximum absolute atomic E-state index is 12.5. The number of halogens is 2. The monoisotopic (exact) mass is 270 g/mol. The van der Waals surface area contributed by atoms with Crippen LogP contribution in [-0.4, -0.2) is 58.1 Å². The molecule has 2 saturated heterocycles. The molecule has 1 amide bonds. The molecule has 0 unspecified atom stereocenters. The highest BCUT2D eigenvalue weighted by atomic mass is 19.3. The topological polar surface area (TPSA) is 52.2 Å². The van der Waals surface area contributed by atoms with E-state index in [0.29, 0.717) is 19.1 Å². The fourth-order valence-corrected chi connectivity index (χ4v) is 2.90. The first kappa shape index (κ1) is 12.5. The zero-order chi connectivity index (χ0) is 13.4. The molecule has 0 radical (unpaired) electrons. The van der Waals surface area contributed by atoms with E-state index < -0.39 is 6.43 Å². The quantitative estimate of drug-likeness (QED) is 0.880. The van der Waals surface area contributed by atoms with Crippen LogP contribution in [0.4, 0.5) is 8.78 Å². The van der Waals surface area contributed by atoms with Gasteiger partial charge < -0.3 is 4.90 Å². The van der Waals surface area contributed by atoms with Crippen molar-refractivity contribution < 1.29 is 13.6 Å². The summed E-state index contributed by atoms with van der Waals surface area (Å²) in [5.41, 5.74) is -0.218. The van der Waals surface area contributed by atoms with Crippen molar-refractivity contribution in [3.63, 3.8) is 0 Å². The number of nitrogens with one attached hydrogen (secondary N) is 1. The van der Waals surface area contributed by atoms with Gasteiger partial charge in [-0.1, -0.05) is 0 Å². The Balaban J connectivity index is 1.69. The Morgan fingerprint density at radius 2 is 2.26 bits per heavy atom. The van der Waals surface area contributed by atoms with Gasteiger partial charge in [-0.05, 0) is 25.5 Å². The number of hydrogen-bond acceptors (Lipinski definition) is 3. The fraction of sp³-hybridized carbons (Fsp3) is 0.667. The third kappa shape index (κ3) is 2.34. The molecule has 0 aromatic carbocycles. The van der Waals surface area contributed by atoms with Crippen LogP contribution in [0.15, 0.2) is 6.07 Å². The van der Waals surface area contributed by atoms with Crippen LogP contribution >= 0.6 is 0 Å². The molecule has 5 nitrogen and oxygen atoms in total. The second-order valence-corrected chi connectivity index (χ2v) is 5.09. The average Bonchev–Trinajstić information content (AvgIpc) is 3.06. The lowest BCUT2D eigenvalue weighted by molar-refractivity contribution is 0.0565. The number of hydrogen-bond donors (Lipinski definition) is 1. The van der Waals surface area contributed by atoms with E-state index in [1.54, 1.807) is 4.90 Å². The van der Waals surface area contributed by atoms with Crippen LogP contribution in [0, 0.1) is 0 Å². The summed E-state index contributed by atoms with van der Waals surface area (Å²) < 4.78 is 24.9. The van der Waals surface area contributed by atoms with Gasteiger partial charge in [0, 0.05) is 25.7 Å². The van der Waals surface area contributed by atoms with Gasteiger partial charge in [0.05, 0.1) is 0 Å². The van der Waals surface area contributed by atoms with Crippen molar-refractivity contribution in [1.82, 2.24) is 20.0 Å². The Labute approximate surface area is 109 Å². The van der Waals surface area contributed by atoms with E-state index in [-0.39, 0.29) is 17.3 Å². The SMILES string of the molecule is O=C(c1cc(C(F)F)[nH]n1)N1CCN2CCC[C@H]2C1. The van der Waals surface area contributed by atoms with E-state index in [2.05, 4.69) is 15.1 Å². The minimum absolute atomic E-state index is 0.0850. The molecule has 3 rings (SSSR count). The molecule has 0 saturated carbocycles. The summed E-state index contributed by atoms with van der Waals surface area (Å²) in [4.78, 5) is 16.3. The van der Waals surface area contributed by atoms with Crippen LogP contribution in [0.5, 0.6) is 0 Å². The fourth-order valence-electron chi connectivity index (χ4n) is 2.90. The summed E-state index contributed by atoms with van der Waals surface area (Å²) in [6.07, 6.45) is -0.349. The summed E-state index contributed by atoms with van der Waals surface area (Å²) in [6.45, 7) is 3.29. The van der Waals surface area contributed by atoms with Gasteiger partial charge in [0.2, 0.25) is 0 Å². The Morgan fingerprint density at radius 3 is 3.00 bits per heavy atom. The van der Waals surface area contributed by atoms with Crippen LogP contribution in [0.3, 0.4) is 0 Å². The van der Waals surface area contributed by atoms with Gasteiger partial charge in [-0.3, -0.25) is 14.8 Å². The van der Waals surface area contributed by atoms with Crippen molar-refractivity contribution in [3.8, 4) is 0 Å². The predicted molar refractivity (Wildman–Crippen MR) is 64.0 cm³/mol. The molecule has 2 aliphatic rings. The van der Waals surface area contributed by atoms with E-state index in [1.807, 2.05) is 0 Å². The number of rotatable bonds is 2. The van der Waals surface area contributed by atoms with Gasteiger partial charge in [-0.25, -0.2) is 8.78 Å². The molecule has 0 spiro atoms. The average molecular weight is 270 g/mol. The number of nitrogens with zero attached hydrogens (tertiary/aromatic N) is 3. The Hall–Kier alpha value is -1.50. The van der Waals surface area contributed by atoms with Crippen molar-refractivity contribution in [2.45, 2.75) is 25.3 Å². The molecule has 19 heavy (non-hydrogen) atoms. The van der Waals surface area contributed by atoms with E-state index in [1.165, 1.54) is 6.42 Å². The lowest BCUT2D eigenvalue weighted by atomic mass is 10.1. The van der Waals surface area contributed by atoms with E-state index in [0.717, 1.165) is 25.6 Å². The summed E-state index contributed by atoms with van der Waals surface area (Å²) >= 11 is 0. The summed E-state index contributed by atoms with van der Waals surface area (Å²) in [5, 5.41) is 5.90. The van der Waals surface area contributed by atoms with Gasteiger partial charge in [0.25, 0.3) is 12.3 Å². The predicted octanol–water partition coefficient (Wildman–Crippen LogP) is 1.27. The Kier molecular flexibility index (Phi) is 3.22. The highest BCUT2D eigenvalue weighted by Crippen LogP contribution is 2.23. The molecule has 1 aromatic heterocycles. The second-order valence-electron chi connectivity index (χ2n) is 5.09. The highest BCUT2D eigenvalue weighted by molar-refractivity contribution is 5.92. The maximum atomic E-state index is 12.5. The maximum Gasteiger partial charge on any atom is 0.279 e. The lowest BCUT2D eigenvalue weighted by Crippen LogP contribution is -2.52. The number of aromatic nitrogens is 2. The number of fused-ring (bicyclic) bond motifs is 1. The zero-order valence-electron chi connectivity index (χ0n) is 10.5. The number of alkyl halides is 2. The van der Waals surface area contributed by atoms with Gasteiger partial charge in [0.15, 0.2) is 5.69 Å². The molecule has 7 heteroatoms. The van der Waals surface area contributed by atoms with Crippen LogP contribution in [0.1, 0.15) is 35.4 Å². The van der Waals surface area contributed by atoms with Gasteiger partial charge in [0.1, 0.15) is 5.69 Å². The third-order valence-corrected chi connectivity index (χ3v) is 3.93. The molecule has 1 N–H and O–H groups in total. The normalized spacial score (nSPS) is 23.9. The summed E-state index contributed by atoms with van der Waals surface area (Å²) in [6, 6.07) is 1.57. The third-order valence-electron chi connectivity index (χ3n) is 3.93. The van der Waals surface area contributed by atoms with E-state index in [4.69, 9.17) is 0 Å². The van der Waals surface area contributed by atoms with Crippen molar-refractivity contribution in [2.75, 3.05) is 26.2 Å². The second kappa shape index (κ2) is 4.88. The molecule has 3 heterocycles.